The molecule has 0 aliphatic carbocycles. The van der Waals surface area contributed by atoms with Gasteiger partial charge in [0.1, 0.15) is 17.4 Å². The monoisotopic (exact) mass is 403 g/mol. The number of hydrogen-bond donors (Lipinski definition) is 3. The molecule has 2 aromatic carbocycles. The van der Waals surface area contributed by atoms with Crippen LogP contribution < -0.4 is 10.1 Å². The van der Waals surface area contributed by atoms with Gasteiger partial charge in [0, 0.05) is 23.6 Å². The van der Waals surface area contributed by atoms with E-state index in [2.05, 4.69) is 10.3 Å². The van der Waals surface area contributed by atoms with Crippen molar-refractivity contribution in [2.45, 2.75) is 19.4 Å². The number of carboxylic acids is 1. The number of nitrogens with zero attached hydrogens (tertiary/aromatic N) is 1. The molecule has 30 heavy (non-hydrogen) atoms. The zero-order chi connectivity index (χ0) is 21.5. The number of carbonyl (C=O) groups is 2. The number of H-pyrrole nitrogens is 1. The lowest BCUT2D eigenvalue weighted by molar-refractivity contribution is -0.144. The van der Waals surface area contributed by atoms with Crippen LogP contribution in [-0.4, -0.2) is 34.6 Å². The third-order valence-electron chi connectivity index (χ3n) is 4.57. The summed E-state index contributed by atoms with van der Waals surface area (Å²) < 4.78 is 5.26. The van der Waals surface area contributed by atoms with E-state index < -0.39 is 18.0 Å². The molecule has 7 nitrogen and oxygen atoms in total. The van der Waals surface area contributed by atoms with E-state index in [-0.39, 0.29) is 5.57 Å². The van der Waals surface area contributed by atoms with Gasteiger partial charge in [0.05, 0.1) is 0 Å². The fourth-order valence-corrected chi connectivity index (χ4v) is 2.96. The van der Waals surface area contributed by atoms with Crippen molar-refractivity contribution in [2.75, 3.05) is 6.54 Å². The zero-order valence-corrected chi connectivity index (χ0v) is 16.4. The minimum Gasteiger partial charge on any atom is -0.479 e. The Balaban J connectivity index is 1.59. The number of amides is 1. The summed E-state index contributed by atoms with van der Waals surface area (Å²) in [5.41, 5.74) is 2.76. The van der Waals surface area contributed by atoms with Gasteiger partial charge in [-0.3, -0.25) is 4.79 Å². The normalized spacial score (nSPS) is 12.2. The molecule has 0 bridgehead atoms. The van der Waals surface area contributed by atoms with E-state index in [0.29, 0.717) is 24.3 Å². The van der Waals surface area contributed by atoms with Crippen molar-refractivity contribution in [3.63, 3.8) is 0 Å². The summed E-state index contributed by atoms with van der Waals surface area (Å²) in [6.07, 6.45) is 3.07. The summed E-state index contributed by atoms with van der Waals surface area (Å²) in [6.45, 7) is 1.84. The van der Waals surface area contributed by atoms with Gasteiger partial charge in [-0.25, -0.2) is 4.79 Å². The van der Waals surface area contributed by atoms with Crippen molar-refractivity contribution in [1.82, 2.24) is 10.3 Å². The molecule has 0 spiro atoms. The van der Waals surface area contributed by atoms with Gasteiger partial charge in [-0.1, -0.05) is 30.3 Å². The molecule has 0 saturated carbocycles. The van der Waals surface area contributed by atoms with Gasteiger partial charge >= 0.3 is 5.97 Å². The third-order valence-corrected chi connectivity index (χ3v) is 4.57. The first-order valence-electron chi connectivity index (χ1n) is 9.42. The minimum absolute atomic E-state index is 0.0125. The predicted molar refractivity (Wildman–Crippen MR) is 113 cm³/mol. The molecule has 1 heterocycles. The Bertz CT molecular complexity index is 1120. The number of carbonyl (C=O) groups excluding carboxylic acids is 1. The molecule has 0 radical (unpaired) electrons. The van der Waals surface area contributed by atoms with E-state index >= 15 is 0 Å². The van der Waals surface area contributed by atoms with Gasteiger partial charge in [0.25, 0.3) is 5.91 Å². The van der Waals surface area contributed by atoms with Gasteiger partial charge in [0.2, 0.25) is 0 Å². The molecular formula is C23H21N3O4. The highest BCUT2D eigenvalue weighted by atomic mass is 16.5. The number of nitrogens with one attached hydrogen (secondary N) is 2. The van der Waals surface area contributed by atoms with Crippen molar-refractivity contribution >= 4 is 28.9 Å². The SMILES string of the molecule is C[C@@H](Oc1ccc(/C=C(\C#N)C(=O)NCCc2c[nH]c3ccccc23)cc1)C(=O)O. The summed E-state index contributed by atoms with van der Waals surface area (Å²) in [5, 5.41) is 22.1. The molecule has 3 N–H and O–H groups in total. The maximum Gasteiger partial charge on any atom is 0.344 e. The molecule has 3 rings (SSSR count). The van der Waals surface area contributed by atoms with Crippen molar-refractivity contribution in [1.29, 1.82) is 5.26 Å². The van der Waals surface area contributed by atoms with E-state index in [4.69, 9.17) is 9.84 Å². The average molecular weight is 403 g/mol. The smallest absolute Gasteiger partial charge is 0.344 e. The standard InChI is InChI=1S/C23H21N3O4/c1-15(23(28)29)30-19-8-6-16(7-9-19)12-18(13-24)22(27)25-11-10-17-14-26-21-5-3-2-4-20(17)21/h2-9,12,14-15,26H,10-11H2,1H3,(H,25,27)(H,28,29)/b18-12+/t15-/m1/s1. The number of benzene rings is 2. The van der Waals surface area contributed by atoms with Crippen molar-refractivity contribution < 1.29 is 19.4 Å². The molecule has 1 atom stereocenters. The highest BCUT2D eigenvalue weighted by molar-refractivity contribution is 6.01. The summed E-state index contributed by atoms with van der Waals surface area (Å²) in [5.74, 6) is -1.11. The molecule has 0 unspecified atom stereocenters. The van der Waals surface area contributed by atoms with Crippen molar-refractivity contribution in [3.8, 4) is 11.8 Å². The number of nitriles is 1. The summed E-state index contributed by atoms with van der Waals surface area (Å²) in [4.78, 5) is 26.4. The van der Waals surface area contributed by atoms with E-state index in [9.17, 15) is 14.9 Å². The van der Waals surface area contributed by atoms with E-state index in [1.807, 2.05) is 36.5 Å². The number of aliphatic carboxylic acids is 1. The number of ether oxygens (including phenoxy) is 1. The van der Waals surface area contributed by atoms with Crippen LogP contribution in [0.2, 0.25) is 0 Å². The van der Waals surface area contributed by atoms with Crippen LogP contribution in [0, 0.1) is 11.3 Å². The van der Waals surface area contributed by atoms with E-state index in [0.717, 1.165) is 16.5 Å². The van der Waals surface area contributed by atoms with Gasteiger partial charge in [-0.15, -0.1) is 0 Å². The van der Waals surface area contributed by atoms with E-state index in [1.54, 1.807) is 24.3 Å². The summed E-state index contributed by atoms with van der Waals surface area (Å²) in [6, 6.07) is 16.3. The van der Waals surface area contributed by atoms with Crippen LogP contribution in [0.15, 0.2) is 60.3 Å². The van der Waals surface area contributed by atoms with Crippen LogP contribution in [0.5, 0.6) is 5.75 Å². The lowest BCUT2D eigenvalue weighted by Crippen LogP contribution is -2.26. The van der Waals surface area contributed by atoms with Gasteiger partial charge < -0.3 is 20.1 Å². The highest BCUT2D eigenvalue weighted by Crippen LogP contribution is 2.18. The Hall–Kier alpha value is -4.05. The number of aromatic nitrogens is 1. The molecule has 152 valence electrons. The Morgan fingerprint density at radius 1 is 1.23 bits per heavy atom. The molecular weight excluding hydrogens is 382 g/mol. The summed E-state index contributed by atoms with van der Waals surface area (Å²) in [7, 11) is 0. The Kier molecular flexibility index (Phi) is 6.50. The Labute approximate surface area is 173 Å². The second kappa shape index (κ2) is 9.43. The molecule has 0 saturated heterocycles. The highest BCUT2D eigenvalue weighted by Gasteiger charge is 2.13. The van der Waals surface area contributed by atoms with Crippen LogP contribution in [0.25, 0.3) is 17.0 Å². The first-order chi connectivity index (χ1) is 14.5. The Morgan fingerprint density at radius 2 is 1.97 bits per heavy atom. The van der Waals surface area contributed by atoms with Gasteiger partial charge in [-0.05, 0) is 48.7 Å². The fourth-order valence-electron chi connectivity index (χ4n) is 2.96. The number of fused-ring (bicyclic) bond motifs is 1. The molecule has 1 amide bonds. The lowest BCUT2D eigenvalue weighted by atomic mass is 10.1. The number of hydrogen-bond acceptors (Lipinski definition) is 4. The number of carboxylic acid groups (broad SMARTS) is 1. The topological polar surface area (TPSA) is 115 Å². The van der Waals surface area contributed by atoms with Crippen molar-refractivity contribution in [2.24, 2.45) is 0 Å². The zero-order valence-electron chi connectivity index (χ0n) is 16.4. The number of rotatable bonds is 8. The average Bonchev–Trinajstić information content (AvgIpc) is 3.16. The predicted octanol–water partition coefficient (Wildman–Crippen LogP) is 3.29. The first-order valence-corrected chi connectivity index (χ1v) is 9.42. The molecule has 3 aromatic rings. The number of para-hydroxylation sites is 1. The maximum absolute atomic E-state index is 12.4. The van der Waals surface area contributed by atoms with Gasteiger partial charge in [0.15, 0.2) is 6.10 Å². The minimum atomic E-state index is -1.06. The van der Waals surface area contributed by atoms with Gasteiger partial charge in [-0.2, -0.15) is 5.26 Å². The van der Waals surface area contributed by atoms with Crippen LogP contribution in [0.1, 0.15) is 18.1 Å². The molecule has 7 heteroatoms. The second-order valence-electron chi connectivity index (χ2n) is 6.70. The first kappa shape index (κ1) is 20.7. The van der Waals surface area contributed by atoms with Crippen LogP contribution >= 0.6 is 0 Å². The fraction of sp³-hybridized carbons (Fsp3) is 0.174. The van der Waals surface area contributed by atoms with Crippen LogP contribution in [0.4, 0.5) is 0 Å². The van der Waals surface area contributed by atoms with Crippen LogP contribution in [0.3, 0.4) is 0 Å². The molecule has 0 aliphatic rings. The quantitative estimate of drug-likeness (QED) is 0.394. The number of aromatic amines is 1. The largest absolute Gasteiger partial charge is 0.479 e. The lowest BCUT2D eigenvalue weighted by Gasteiger charge is -2.10. The van der Waals surface area contributed by atoms with E-state index in [1.165, 1.54) is 13.0 Å². The van der Waals surface area contributed by atoms with Crippen LogP contribution in [-0.2, 0) is 16.0 Å². The summed E-state index contributed by atoms with van der Waals surface area (Å²) >= 11 is 0. The van der Waals surface area contributed by atoms with Crippen molar-refractivity contribution in [3.05, 3.63) is 71.4 Å². The second-order valence-corrected chi connectivity index (χ2v) is 6.70. The molecule has 1 aromatic heterocycles. The molecule has 0 aliphatic heterocycles. The third kappa shape index (κ3) is 5.06. The Morgan fingerprint density at radius 3 is 2.67 bits per heavy atom. The molecule has 0 fully saturated rings. The maximum atomic E-state index is 12.4.